The summed E-state index contributed by atoms with van der Waals surface area (Å²) < 4.78 is 60.7. The van der Waals surface area contributed by atoms with Crippen LogP contribution < -0.4 is 31.3 Å². The normalized spacial score (nSPS) is 39.9. The van der Waals surface area contributed by atoms with Gasteiger partial charge in [0.2, 0.25) is 23.6 Å². The Hall–Kier alpha value is -4.81. The number of nitrogens with one attached hydrogen (secondary N) is 5. The highest BCUT2D eigenvalue weighted by atomic mass is 16.7. The van der Waals surface area contributed by atoms with Gasteiger partial charge >= 0.3 is 0 Å². The fraction of sp³-hybridized carbons (Fsp3) is 0.797. The average molecular weight is 1410 g/mol. The van der Waals surface area contributed by atoms with E-state index >= 15 is 0 Å². The van der Waals surface area contributed by atoms with Crippen molar-refractivity contribution in [3.05, 3.63) is 42.0 Å². The van der Waals surface area contributed by atoms with Crippen LogP contribution in [0.4, 0.5) is 0 Å². The first kappa shape index (κ1) is 80.5. The van der Waals surface area contributed by atoms with Gasteiger partial charge in [-0.2, -0.15) is 0 Å². The first-order valence-electron chi connectivity index (χ1n) is 33.5. The maximum atomic E-state index is 14.0. The van der Waals surface area contributed by atoms with Crippen LogP contribution in [0.15, 0.2) is 36.4 Å². The van der Waals surface area contributed by atoms with Crippen molar-refractivity contribution in [2.75, 3.05) is 39.6 Å². The fourth-order valence-corrected chi connectivity index (χ4v) is 13.5. The van der Waals surface area contributed by atoms with E-state index in [0.717, 1.165) is 53.4 Å². The van der Waals surface area contributed by atoms with Crippen molar-refractivity contribution in [2.24, 2.45) is 11.8 Å². The summed E-state index contributed by atoms with van der Waals surface area (Å²) in [5.74, 6) is -5.75. The molecule has 6 fully saturated rings. The van der Waals surface area contributed by atoms with E-state index in [0.29, 0.717) is 18.8 Å². The number of hydrogen-bond donors (Lipinski definition) is 19. The van der Waals surface area contributed by atoms with E-state index < -0.39 is 246 Å². The number of amides is 5. The lowest BCUT2D eigenvalue weighted by Crippen LogP contribution is -2.70. The van der Waals surface area contributed by atoms with Crippen LogP contribution in [0.1, 0.15) is 110 Å². The molecule has 0 spiro atoms. The third-order valence-corrected chi connectivity index (χ3v) is 18.6. The number of allylic oxidation sites excluding steroid dienone is 2. The number of rotatable bonds is 31. The maximum Gasteiger partial charge on any atom is 0.251 e. The molecule has 4 aliphatic heterocycles. The summed E-state index contributed by atoms with van der Waals surface area (Å²) in [7, 11) is 0. The van der Waals surface area contributed by atoms with Crippen LogP contribution >= 0.6 is 0 Å². The lowest BCUT2D eigenvalue weighted by Gasteiger charge is -2.52. The SMILES string of the molecule is CCCCCC/C=C\CCCOc1cccc(C(=O)N[C@@H]2C(O[C@H]3C(O)C(NC(C)=O)C(OC4C(CO)C[C@@H](O[C@H]5C(O)C(NC(C)=O)C(OC6C(CO[C@@H]7OC(C)C(O)[C@H](O)[C@H]7O)O[C@@H](O)[C@@H](NC(C)=O)[C@H]6O)C[C@H]5CO)[C@@H](NC(C)=O)[C@H]4O)O[C@H]3CO)OC(CO)[C@@H](O)[C@@H]2O)c1. The van der Waals surface area contributed by atoms with Crippen LogP contribution in [-0.2, 0) is 61.8 Å². The third-order valence-electron chi connectivity index (χ3n) is 18.6. The summed E-state index contributed by atoms with van der Waals surface area (Å²) in [5, 5.41) is 170. The van der Waals surface area contributed by atoms with E-state index in [-0.39, 0.29) is 18.4 Å². The molecule has 1 aromatic rings. The molecule has 0 aromatic heterocycles. The molecule has 1 aromatic carbocycles. The highest BCUT2D eigenvalue weighted by Crippen LogP contribution is 2.40. The highest BCUT2D eigenvalue weighted by molar-refractivity contribution is 5.94. The fourth-order valence-electron chi connectivity index (χ4n) is 13.5. The third kappa shape index (κ3) is 20.5. The van der Waals surface area contributed by atoms with Crippen molar-refractivity contribution in [1.82, 2.24) is 26.6 Å². The Morgan fingerprint density at radius 1 is 0.490 bits per heavy atom. The van der Waals surface area contributed by atoms with E-state index in [1.54, 1.807) is 12.1 Å². The van der Waals surface area contributed by atoms with Gasteiger partial charge in [0.1, 0.15) is 109 Å². The molecule has 34 heteroatoms. The van der Waals surface area contributed by atoms with Crippen molar-refractivity contribution < 1.29 is 143 Å². The lowest BCUT2D eigenvalue weighted by atomic mass is 9.77. The second-order valence-corrected chi connectivity index (χ2v) is 26.1. The van der Waals surface area contributed by atoms with Gasteiger partial charge in [-0.1, -0.05) is 44.4 Å². The van der Waals surface area contributed by atoms with E-state index in [1.807, 2.05) is 0 Å². The molecule has 30 atom stereocenters. The molecule has 19 N–H and O–H groups in total. The Morgan fingerprint density at radius 3 is 1.56 bits per heavy atom. The summed E-state index contributed by atoms with van der Waals surface area (Å²) in [6.45, 7) is 4.22. The van der Waals surface area contributed by atoms with Crippen molar-refractivity contribution in [3.63, 3.8) is 0 Å². The quantitative estimate of drug-likeness (QED) is 0.0243. The van der Waals surface area contributed by atoms with Gasteiger partial charge in [-0.3, -0.25) is 24.0 Å². The van der Waals surface area contributed by atoms with Gasteiger partial charge in [0.05, 0.1) is 69.0 Å². The second-order valence-electron chi connectivity index (χ2n) is 26.1. The minimum atomic E-state index is -1.97. The van der Waals surface area contributed by atoms with Crippen LogP contribution in [0, 0.1) is 11.8 Å². The molecule has 2 saturated carbocycles. The Balaban J connectivity index is 1.07. The number of benzene rings is 1. The Labute approximate surface area is 567 Å². The molecule has 34 nitrogen and oxygen atoms in total. The number of hydrogen-bond acceptors (Lipinski definition) is 29. The highest BCUT2D eigenvalue weighted by Gasteiger charge is 2.57. The lowest BCUT2D eigenvalue weighted by molar-refractivity contribution is -0.342. The monoisotopic (exact) mass is 1410 g/mol. The van der Waals surface area contributed by atoms with Gasteiger partial charge < -0.3 is 145 Å². The number of aliphatic hydroxyl groups is 14. The molecule has 0 bridgehead atoms. The zero-order valence-corrected chi connectivity index (χ0v) is 55.8. The van der Waals surface area contributed by atoms with Crippen LogP contribution in [0.5, 0.6) is 5.75 Å². The summed E-state index contributed by atoms with van der Waals surface area (Å²) >= 11 is 0. The van der Waals surface area contributed by atoms with Crippen molar-refractivity contribution in [1.29, 1.82) is 0 Å². The summed E-state index contributed by atoms with van der Waals surface area (Å²) in [4.78, 5) is 65.2. The molecular weight excluding hydrogens is 1300 g/mol. The predicted octanol–water partition coefficient (Wildman–Crippen LogP) is -6.05. The number of ether oxygens (including phenoxy) is 10. The van der Waals surface area contributed by atoms with Crippen LogP contribution in [0.2, 0.25) is 0 Å². The smallest absolute Gasteiger partial charge is 0.251 e. The standard InChI is InChI=1S/C64H103N5O29/c1-7-8-9-10-11-12-13-14-15-19-89-36-18-16-17-33(20-36)60(87)69-45-49(80)48(79)39(25-72)95-62(45)98-58-40(26-73)96-63(46(53(58)84)68-32(6)77)97-57-35(24-71)22-37(42(51(57)82)65-29(3)74)92-56-34(23-70)21-38(43(50(56)81)66-30(4)75)93-59-41(94-61(88)44(52(59)83)67-31(5)76)27-90-64-55(86)54(85)47(78)28(2)91-64/h12-13,16-18,20,28,34-35,37-59,61-64,70-73,78-86,88H,7-11,14-15,19,21-27H2,1-6H3,(H,65,74)(H,66,75)(H,67,76)(H,68,77)(H,69,87)/b13-12-/t28?,34-,35?,37+,38?,39?,40-,41?,42+,43?,44-,45-,46?,47?,48+,49+,50?,51+,52+,53?,54-,55+,56+,57?,58+,59?,61+,62?,63?,64+/m0/s1. The Morgan fingerprint density at radius 2 is 0.990 bits per heavy atom. The number of unbranched alkanes of at least 4 members (excludes halogenated alkanes) is 5. The number of aliphatic hydroxyl groups excluding tert-OH is 14. The van der Waals surface area contributed by atoms with Gasteiger partial charge in [-0.05, 0) is 63.6 Å². The summed E-state index contributed by atoms with van der Waals surface area (Å²) in [6.07, 6.45) is -27.7. The van der Waals surface area contributed by atoms with Crippen molar-refractivity contribution in [2.45, 2.75) is 271 Å². The number of carbonyl (C=O) groups is 5. The largest absolute Gasteiger partial charge is 0.494 e. The molecule has 0 radical (unpaired) electrons. The Bertz CT molecular complexity index is 2710. The van der Waals surface area contributed by atoms with Gasteiger partial charge in [-0.15, -0.1) is 0 Å². The molecular formula is C64H103N5O29. The van der Waals surface area contributed by atoms with E-state index in [1.165, 1.54) is 31.9 Å². The van der Waals surface area contributed by atoms with Crippen LogP contribution in [-0.4, -0.2) is 312 Å². The molecule has 5 amide bonds. The van der Waals surface area contributed by atoms with E-state index in [2.05, 4.69) is 45.7 Å². The van der Waals surface area contributed by atoms with Gasteiger partial charge in [0.25, 0.3) is 5.91 Å². The maximum absolute atomic E-state index is 14.0. The summed E-state index contributed by atoms with van der Waals surface area (Å²) in [5.41, 5.74) is 0.0611. The van der Waals surface area contributed by atoms with Gasteiger partial charge in [0.15, 0.2) is 25.2 Å². The first-order valence-corrected chi connectivity index (χ1v) is 33.5. The molecule has 4 saturated heterocycles. The van der Waals surface area contributed by atoms with Crippen LogP contribution in [0.3, 0.4) is 0 Å². The minimum absolute atomic E-state index is 0.0611. The first-order chi connectivity index (χ1) is 46.7. The molecule has 14 unspecified atom stereocenters. The number of carbonyl (C=O) groups excluding carboxylic acids is 5. The average Bonchev–Trinajstić information content (AvgIpc) is 0.772. The van der Waals surface area contributed by atoms with Crippen molar-refractivity contribution >= 4 is 29.5 Å². The molecule has 4 heterocycles. The topological polar surface area (TPSA) is 521 Å². The van der Waals surface area contributed by atoms with E-state index in [4.69, 9.17) is 47.4 Å². The molecule has 7 rings (SSSR count). The van der Waals surface area contributed by atoms with Gasteiger partial charge in [-0.25, -0.2) is 0 Å². The zero-order valence-electron chi connectivity index (χ0n) is 55.8. The van der Waals surface area contributed by atoms with Gasteiger partial charge in [0, 0.05) is 58.3 Å². The molecule has 6 aliphatic rings. The predicted molar refractivity (Wildman–Crippen MR) is 335 cm³/mol. The van der Waals surface area contributed by atoms with E-state index in [9.17, 15) is 95.5 Å². The molecule has 98 heavy (non-hydrogen) atoms. The molecule has 2 aliphatic carbocycles. The minimum Gasteiger partial charge on any atom is -0.494 e. The second kappa shape index (κ2) is 37.9. The molecule has 558 valence electrons. The zero-order chi connectivity index (χ0) is 71.8. The van der Waals surface area contributed by atoms with Crippen molar-refractivity contribution in [3.8, 4) is 5.75 Å². The Kier molecular flexibility index (Phi) is 31.1. The summed E-state index contributed by atoms with van der Waals surface area (Å²) in [6, 6.07) is -1.75. The van der Waals surface area contributed by atoms with Crippen LogP contribution in [0.25, 0.3) is 0 Å².